The molecule has 0 aliphatic heterocycles. The van der Waals surface area contributed by atoms with Crippen LogP contribution in [0.15, 0.2) is 0 Å². The average Bonchev–Trinajstić information content (AvgIpc) is 3.13. The minimum absolute atomic E-state index is 0.188. The maximum Gasteiger partial charge on any atom is 0.0700 e. The quantitative estimate of drug-likeness (QED) is 0.0845. The van der Waals surface area contributed by atoms with E-state index in [-0.39, 0.29) is 5.41 Å². The second-order valence-corrected chi connectivity index (χ2v) is 11.5. The van der Waals surface area contributed by atoms with Crippen molar-refractivity contribution in [1.29, 1.82) is 0 Å². The van der Waals surface area contributed by atoms with Gasteiger partial charge in [-0.25, -0.2) is 0 Å². The zero-order chi connectivity index (χ0) is 38.6. The summed E-state index contributed by atoms with van der Waals surface area (Å²) in [5.41, 5.74) is -0.601. The molecule has 0 bridgehead atoms. The van der Waals surface area contributed by atoms with Crippen molar-refractivity contribution in [1.82, 2.24) is 0 Å². The van der Waals surface area contributed by atoms with Crippen molar-refractivity contribution in [2.45, 2.75) is 6.42 Å². The minimum atomic E-state index is -0.414. The van der Waals surface area contributed by atoms with E-state index in [2.05, 4.69) is 0 Å². The Labute approximate surface area is 309 Å². The lowest BCUT2D eigenvalue weighted by Gasteiger charge is -2.33. The van der Waals surface area contributed by atoms with Crippen molar-refractivity contribution in [3.05, 3.63) is 0 Å². The normalized spacial score (nSPS) is 11.6. The van der Waals surface area contributed by atoms with Gasteiger partial charge < -0.3 is 75.8 Å². The molecule has 0 spiro atoms. The van der Waals surface area contributed by atoms with Crippen LogP contribution in [0.2, 0.25) is 0 Å². The van der Waals surface area contributed by atoms with Crippen molar-refractivity contribution < 1.29 is 75.8 Å². The highest BCUT2D eigenvalue weighted by Gasteiger charge is 2.33. The van der Waals surface area contributed by atoms with Crippen LogP contribution < -0.4 is 0 Å². The molecule has 0 amide bonds. The van der Waals surface area contributed by atoms with Crippen LogP contribution in [0, 0.1) is 10.8 Å². The summed E-state index contributed by atoms with van der Waals surface area (Å²) in [4.78, 5) is 0. The molecule has 0 heterocycles. The van der Waals surface area contributed by atoms with E-state index in [1.54, 1.807) is 71.1 Å². The summed E-state index contributed by atoms with van der Waals surface area (Å²) in [6, 6.07) is 0. The van der Waals surface area contributed by atoms with Crippen molar-refractivity contribution in [2.75, 3.05) is 216 Å². The average molecular weight is 753 g/mol. The predicted molar refractivity (Wildman–Crippen MR) is 193 cm³/mol. The summed E-state index contributed by atoms with van der Waals surface area (Å²) in [5, 5.41) is 0. The van der Waals surface area contributed by atoms with Crippen LogP contribution in [0.1, 0.15) is 6.42 Å². The maximum absolute atomic E-state index is 5.75. The molecule has 0 saturated carbocycles. The van der Waals surface area contributed by atoms with Crippen molar-refractivity contribution >= 4 is 0 Å². The highest BCUT2D eigenvalue weighted by atomic mass is 16.6. The van der Waals surface area contributed by atoms with Crippen LogP contribution in [-0.4, -0.2) is 216 Å². The molecule has 0 unspecified atom stereocenters. The number of hydrogen-bond acceptors (Lipinski definition) is 16. The van der Waals surface area contributed by atoms with E-state index >= 15 is 0 Å². The monoisotopic (exact) mass is 753 g/mol. The van der Waals surface area contributed by atoms with E-state index in [0.717, 1.165) is 19.6 Å². The van der Waals surface area contributed by atoms with Gasteiger partial charge in [0.05, 0.1) is 143 Å². The SMILES string of the molecule is COCC(COC)(COC)COC.COCCOCC(COCCOC)(COCCOC)COCCOC.COCCOCCCOCCOC. The van der Waals surface area contributed by atoms with Gasteiger partial charge in [0.1, 0.15) is 0 Å². The van der Waals surface area contributed by atoms with Crippen molar-refractivity contribution in [3.8, 4) is 0 Å². The maximum atomic E-state index is 5.75. The topological polar surface area (TPSA) is 148 Å². The Balaban J connectivity index is -0.000000746. The number of methoxy groups -OCH3 is 10. The van der Waals surface area contributed by atoms with Crippen molar-refractivity contribution in [3.63, 3.8) is 0 Å². The zero-order valence-electron chi connectivity index (χ0n) is 33.8. The molecule has 0 aromatic carbocycles. The van der Waals surface area contributed by atoms with Gasteiger partial charge in [-0.3, -0.25) is 0 Å². The first-order valence-corrected chi connectivity index (χ1v) is 17.3. The molecule has 16 heteroatoms. The van der Waals surface area contributed by atoms with E-state index in [4.69, 9.17) is 75.8 Å². The van der Waals surface area contributed by atoms with Crippen LogP contribution >= 0.6 is 0 Å². The first kappa shape index (κ1) is 54.7. The molecule has 0 aromatic heterocycles. The summed E-state index contributed by atoms with van der Waals surface area (Å²) >= 11 is 0. The molecule has 0 rings (SSSR count). The Morgan fingerprint density at radius 1 is 0.216 bits per heavy atom. The first-order valence-electron chi connectivity index (χ1n) is 17.3. The highest BCUT2D eigenvalue weighted by molar-refractivity contribution is 4.80. The van der Waals surface area contributed by atoms with Gasteiger partial charge in [-0.2, -0.15) is 0 Å². The molecule has 312 valence electrons. The van der Waals surface area contributed by atoms with Gasteiger partial charge in [0.25, 0.3) is 0 Å². The third-order valence-electron chi connectivity index (χ3n) is 6.60. The number of ether oxygens (including phenoxy) is 16. The zero-order valence-corrected chi connectivity index (χ0v) is 33.8. The molecule has 0 aliphatic carbocycles. The molecule has 0 atom stereocenters. The number of rotatable bonds is 38. The molecule has 0 fully saturated rings. The van der Waals surface area contributed by atoms with Gasteiger partial charge in [-0.15, -0.1) is 0 Å². The van der Waals surface area contributed by atoms with Crippen LogP contribution in [0.5, 0.6) is 0 Å². The first-order chi connectivity index (χ1) is 24.9. The highest BCUT2D eigenvalue weighted by Crippen LogP contribution is 2.21. The predicted octanol–water partition coefficient (Wildman–Crippen LogP) is 1.89. The molecule has 0 radical (unpaired) electrons. The fourth-order valence-corrected chi connectivity index (χ4v) is 4.20. The summed E-state index contributed by atoms with van der Waals surface area (Å²) in [7, 11) is 16.6. The Bertz CT molecular complexity index is 527. The number of hydrogen-bond donors (Lipinski definition) is 0. The van der Waals surface area contributed by atoms with Gasteiger partial charge in [-0.05, 0) is 6.42 Å². The summed E-state index contributed by atoms with van der Waals surface area (Å²) in [5.74, 6) is 0. The molecule has 0 saturated heterocycles. The van der Waals surface area contributed by atoms with E-state index < -0.39 is 5.41 Å². The Morgan fingerprint density at radius 3 is 0.647 bits per heavy atom. The van der Waals surface area contributed by atoms with E-state index in [9.17, 15) is 0 Å². The van der Waals surface area contributed by atoms with E-state index in [1.165, 1.54) is 0 Å². The molecule has 51 heavy (non-hydrogen) atoms. The van der Waals surface area contributed by atoms with Crippen LogP contribution in [0.25, 0.3) is 0 Å². The molecule has 0 N–H and O–H groups in total. The molecular formula is C35H76O16. The lowest BCUT2D eigenvalue weighted by Crippen LogP contribution is -2.42. The van der Waals surface area contributed by atoms with Crippen LogP contribution in [0.3, 0.4) is 0 Å². The lowest BCUT2D eigenvalue weighted by atomic mass is 9.92. The largest absolute Gasteiger partial charge is 0.384 e. The fraction of sp³-hybridized carbons (Fsp3) is 1.00. The smallest absolute Gasteiger partial charge is 0.0700 e. The second-order valence-electron chi connectivity index (χ2n) is 11.5. The van der Waals surface area contributed by atoms with Crippen molar-refractivity contribution in [2.24, 2.45) is 10.8 Å². The third kappa shape index (κ3) is 38.9. The second kappa shape index (κ2) is 45.5. The summed E-state index contributed by atoms with van der Waals surface area (Å²) < 4.78 is 83.8. The van der Waals surface area contributed by atoms with Crippen LogP contribution in [0.4, 0.5) is 0 Å². The van der Waals surface area contributed by atoms with Crippen LogP contribution in [-0.2, 0) is 75.8 Å². The van der Waals surface area contributed by atoms with Gasteiger partial charge in [0.2, 0.25) is 0 Å². The van der Waals surface area contributed by atoms with Gasteiger partial charge >= 0.3 is 0 Å². The molecule has 0 aromatic rings. The Hall–Kier alpha value is -0.640. The Morgan fingerprint density at radius 2 is 0.431 bits per heavy atom. The molecule has 0 aliphatic rings. The van der Waals surface area contributed by atoms with Gasteiger partial charge in [-0.1, -0.05) is 0 Å². The fourth-order valence-electron chi connectivity index (χ4n) is 4.20. The minimum Gasteiger partial charge on any atom is -0.384 e. The summed E-state index contributed by atoms with van der Waals surface area (Å²) in [6.07, 6.45) is 0.924. The Kier molecular flexibility index (Phi) is 48.8. The standard InChI is InChI=1S/C17H36O8.2C9H20O4/c1-18-5-9-22-13-17(14-23-10-6-19-2,15-24-11-7-20-3)16-25-12-8-21-4;1-10-5-9(6-11-2,7-12-3)8-13-4;1-10-6-8-12-4-3-5-13-9-7-11-2/h5-16H2,1-4H3;5-8H2,1-4H3;3-9H2,1-2H3. The van der Waals surface area contributed by atoms with Gasteiger partial charge in [0, 0.05) is 84.3 Å². The van der Waals surface area contributed by atoms with E-state index in [1.807, 2.05) is 0 Å². The summed E-state index contributed by atoms with van der Waals surface area (Å²) in [6.45, 7) is 12.4. The lowest BCUT2D eigenvalue weighted by molar-refractivity contribution is -0.118. The van der Waals surface area contributed by atoms with Gasteiger partial charge in [0.15, 0.2) is 0 Å². The molecule has 16 nitrogen and oxygen atoms in total. The third-order valence-corrected chi connectivity index (χ3v) is 6.60. The molecular weight excluding hydrogens is 676 g/mol. The van der Waals surface area contributed by atoms with E-state index in [0.29, 0.717) is 132 Å².